The van der Waals surface area contributed by atoms with E-state index in [0.717, 1.165) is 32.9 Å². The van der Waals surface area contributed by atoms with Crippen LogP contribution in [0.5, 0.6) is 0 Å². The molecule has 4 aromatic rings. The van der Waals surface area contributed by atoms with E-state index < -0.39 is 5.25 Å². The van der Waals surface area contributed by atoms with Crippen molar-refractivity contribution in [1.82, 2.24) is 9.55 Å². The number of amides is 1. The second-order valence-electron chi connectivity index (χ2n) is 9.37. The number of carbonyl (C=O) groups excluding carboxylic acids is 1. The highest BCUT2D eigenvalue weighted by Crippen LogP contribution is 2.36. The molecule has 1 aliphatic heterocycles. The minimum Gasteiger partial charge on any atom is -0.372 e. The number of ether oxygens (including phenoxy) is 1. The molecule has 0 bridgehead atoms. The molecule has 5 rings (SSSR count). The summed E-state index contributed by atoms with van der Waals surface area (Å²) in [4.78, 5) is 33.7. The van der Waals surface area contributed by atoms with E-state index in [9.17, 15) is 9.59 Å². The molecule has 6 nitrogen and oxygen atoms in total. The van der Waals surface area contributed by atoms with Gasteiger partial charge in [0.1, 0.15) is 4.83 Å². The molecule has 8 heteroatoms. The van der Waals surface area contributed by atoms with Gasteiger partial charge >= 0.3 is 0 Å². The summed E-state index contributed by atoms with van der Waals surface area (Å²) in [6.45, 7) is 7.04. The van der Waals surface area contributed by atoms with Crippen LogP contribution in [0.25, 0.3) is 10.2 Å². The molecule has 0 fully saturated rings. The number of hydrogen-bond acceptors (Lipinski definition) is 6. The van der Waals surface area contributed by atoms with Crippen molar-refractivity contribution in [2.45, 2.75) is 56.9 Å². The van der Waals surface area contributed by atoms with E-state index in [-0.39, 0.29) is 17.6 Å². The van der Waals surface area contributed by atoms with E-state index in [1.807, 2.05) is 67.6 Å². The van der Waals surface area contributed by atoms with E-state index in [0.29, 0.717) is 29.6 Å². The number of fused-ring (bicyclic) bond motifs is 3. The van der Waals surface area contributed by atoms with Gasteiger partial charge in [0.05, 0.1) is 29.9 Å². The van der Waals surface area contributed by atoms with E-state index in [1.54, 1.807) is 4.57 Å². The first-order valence-corrected chi connectivity index (χ1v) is 13.8. The van der Waals surface area contributed by atoms with Gasteiger partial charge in [-0.1, -0.05) is 74.1 Å². The van der Waals surface area contributed by atoms with Gasteiger partial charge in [-0.05, 0) is 36.1 Å². The zero-order valence-electron chi connectivity index (χ0n) is 20.6. The number of benzene rings is 2. The molecule has 0 saturated heterocycles. The Morgan fingerprint density at radius 2 is 1.83 bits per heavy atom. The lowest BCUT2D eigenvalue weighted by molar-refractivity contribution is -0.115. The zero-order chi connectivity index (χ0) is 25.2. The number of carbonyl (C=O) groups is 1. The van der Waals surface area contributed by atoms with Crippen LogP contribution >= 0.6 is 23.1 Å². The van der Waals surface area contributed by atoms with Crippen LogP contribution in [-0.4, -0.2) is 26.8 Å². The van der Waals surface area contributed by atoms with Crippen LogP contribution in [-0.2, 0) is 29.1 Å². The number of aromatic nitrogens is 2. The lowest BCUT2D eigenvalue weighted by atomic mass is 9.96. The third-order valence-electron chi connectivity index (χ3n) is 6.41. The molecule has 2 aromatic heterocycles. The first-order chi connectivity index (χ1) is 17.4. The lowest BCUT2D eigenvalue weighted by Gasteiger charge is -2.26. The topological polar surface area (TPSA) is 73.2 Å². The van der Waals surface area contributed by atoms with Gasteiger partial charge in [-0.25, -0.2) is 4.98 Å². The zero-order valence-corrected chi connectivity index (χ0v) is 22.2. The third-order valence-corrected chi connectivity index (χ3v) is 8.60. The number of thioether (sulfide) groups is 1. The summed E-state index contributed by atoms with van der Waals surface area (Å²) in [5.74, 6) is 0.233. The van der Waals surface area contributed by atoms with Crippen LogP contribution in [0.1, 0.15) is 36.8 Å². The monoisotopic (exact) mass is 519 g/mol. The van der Waals surface area contributed by atoms with Crippen molar-refractivity contribution in [2.75, 3.05) is 5.32 Å². The molecular weight excluding hydrogens is 490 g/mol. The largest absolute Gasteiger partial charge is 0.372 e. The Balaban J connectivity index is 1.53. The molecule has 3 heterocycles. The van der Waals surface area contributed by atoms with Crippen molar-refractivity contribution in [3.63, 3.8) is 0 Å². The molecular formula is C28H29N3O3S2. The number of para-hydroxylation sites is 1. The predicted octanol–water partition coefficient (Wildman–Crippen LogP) is 5.72. The van der Waals surface area contributed by atoms with Gasteiger partial charge in [-0.15, -0.1) is 11.3 Å². The van der Waals surface area contributed by atoms with Crippen molar-refractivity contribution in [1.29, 1.82) is 0 Å². The Kier molecular flexibility index (Phi) is 7.27. The van der Waals surface area contributed by atoms with Crippen molar-refractivity contribution >= 4 is 44.9 Å². The molecule has 0 saturated carbocycles. The molecule has 0 spiro atoms. The first-order valence-electron chi connectivity index (χ1n) is 12.1. The number of anilines is 1. The average molecular weight is 520 g/mol. The minimum atomic E-state index is -0.445. The highest BCUT2D eigenvalue weighted by atomic mass is 32.2. The SMILES string of the molecule is CC(C)[C@@H]1Cc2c(sc3nc(S[C@H](C)C(=O)Nc4ccccc4)n(Cc4ccccc4)c(=O)c23)CO1. The molecule has 2 atom stereocenters. The summed E-state index contributed by atoms with van der Waals surface area (Å²) in [7, 11) is 0. The predicted molar refractivity (Wildman–Crippen MR) is 147 cm³/mol. The van der Waals surface area contributed by atoms with Crippen molar-refractivity contribution in [3.05, 3.63) is 87.0 Å². The Bertz CT molecular complexity index is 1430. The number of hydrogen-bond donors (Lipinski definition) is 1. The fraction of sp³-hybridized carbons (Fsp3) is 0.321. The van der Waals surface area contributed by atoms with E-state index >= 15 is 0 Å². The summed E-state index contributed by atoms with van der Waals surface area (Å²) in [5.41, 5.74) is 2.77. The summed E-state index contributed by atoms with van der Waals surface area (Å²) < 4.78 is 7.78. The Labute approximate surface area is 218 Å². The number of nitrogens with zero attached hydrogens (tertiary/aromatic N) is 2. The molecule has 1 amide bonds. The summed E-state index contributed by atoms with van der Waals surface area (Å²) >= 11 is 2.84. The van der Waals surface area contributed by atoms with Crippen molar-refractivity contribution < 1.29 is 9.53 Å². The molecule has 0 aliphatic carbocycles. The third kappa shape index (κ3) is 5.12. The number of rotatable bonds is 7. The average Bonchev–Trinajstić information content (AvgIpc) is 3.25. The maximum atomic E-state index is 14.0. The Morgan fingerprint density at radius 1 is 1.14 bits per heavy atom. The van der Waals surface area contributed by atoms with Crippen molar-refractivity contribution in [3.8, 4) is 0 Å². The standard InChI is InChI=1S/C28H29N3O3S2/c1-17(2)22-14-21-23(16-34-22)36-26-24(21)27(33)31(15-19-10-6-4-7-11-19)28(30-26)35-18(3)25(32)29-20-12-8-5-9-13-20/h4-13,17-18,22H,14-16H2,1-3H3,(H,29,32)/t18-,22+/m1/s1. The van der Waals surface area contributed by atoms with Gasteiger partial charge < -0.3 is 10.1 Å². The van der Waals surface area contributed by atoms with Crippen LogP contribution in [0.15, 0.2) is 70.6 Å². The highest BCUT2D eigenvalue weighted by Gasteiger charge is 2.29. The van der Waals surface area contributed by atoms with Gasteiger partial charge in [-0.2, -0.15) is 0 Å². The van der Waals surface area contributed by atoms with E-state index in [4.69, 9.17) is 9.72 Å². The fourth-order valence-electron chi connectivity index (χ4n) is 4.34. The highest BCUT2D eigenvalue weighted by molar-refractivity contribution is 8.00. The lowest BCUT2D eigenvalue weighted by Crippen LogP contribution is -2.29. The number of thiophene rings is 1. The van der Waals surface area contributed by atoms with Gasteiger partial charge in [0.2, 0.25) is 5.91 Å². The molecule has 0 unspecified atom stereocenters. The van der Waals surface area contributed by atoms with Crippen LogP contribution < -0.4 is 10.9 Å². The molecule has 1 aliphatic rings. The maximum absolute atomic E-state index is 14.0. The van der Waals surface area contributed by atoms with E-state index in [1.165, 1.54) is 23.1 Å². The summed E-state index contributed by atoms with van der Waals surface area (Å²) in [6.07, 6.45) is 0.811. The maximum Gasteiger partial charge on any atom is 0.263 e. The van der Waals surface area contributed by atoms with Gasteiger partial charge in [0.25, 0.3) is 5.56 Å². The quantitative estimate of drug-likeness (QED) is 0.250. The fourth-order valence-corrected chi connectivity index (χ4v) is 6.41. The Hall–Kier alpha value is -2.94. The summed E-state index contributed by atoms with van der Waals surface area (Å²) in [6, 6.07) is 19.3. The van der Waals surface area contributed by atoms with Gasteiger partial charge in [0, 0.05) is 17.0 Å². The minimum absolute atomic E-state index is 0.0519. The van der Waals surface area contributed by atoms with Gasteiger partial charge in [0.15, 0.2) is 5.16 Å². The van der Waals surface area contributed by atoms with Crippen LogP contribution in [0.2, 0.25) is 0 Å². The molecule has 1 N–H and O–H groups in total. The van der Waals surface area contributed by atoms with E-state index in [2.05, 4.69) is 19.2 Å². The number of nitrogens with one attached hydrogen (secondary N) is 1. The smallest absolute Gasteiger partial charge is 0.263 e. The molecule has 36 heavy (non-hydrogen) atoms. The molecule has 0 radical (unpaired) electrons. The van der Waals surface area contributed by atoms with Crippen LogP contribution in [0.4, 0.5) is 5.69 Å². The van der Waals surface area contributed by atoms with Gasteiger partial charge in [-0.3, -0.25) is 14.2 Å². The molecule has 2 aromatic carbocycles. The Morgan fingerprint density at radius 3 is 2.53 bits per heavy atom. The first kappa shape index (κ1) is 24.7. The second-order valence-corrected chi connectivity index (χ2v) is 11.8. The second kappa shape index (κ2) is 10.6. The van der Waals surface area contributed by atoms with Crippen molar-refractivity contribution in [2.24, 2.45) is 5.92 Å². The normalized spacial score (nSPS) is 16.2. The summed E-state index contributed by atoms with van der Waals surface area (Å²) in [5, 5.41) is 3.75. The van der Waals surface area contributed by atoms with Crippen LogP contribution in [0, 0.1) is 5.92 Å². The van der Waals surface area contributed by atoms with Crippen LogP contribution in [0.3, 0.4) is 0 Å². The molecule has 186 valence electrons.